The number of furan rings is 1. The van der Waals surface area contributed by atoms with Gasteiger partial charge >= 0.3 is 5.97 Å². The van der Waals surface area contributed by atoms with E-state index < -0.39 is 11.9 Å². The Balaban J connectivity index is 2.32. The Morgan fingerprint density at radius 1 is 1.26 bits per heavy atom. The van der Waals surface area contributed by atoms with Crippen LogP contribution in [0.5, 0.6) is 0 Å². The van der Waals surface area contributed by atoms with Crippen LogP contribution in [0.2, 0.25) is 5.22 Å². The highest BCUT2D eigenvalue weighted by Gasteiger charge is 2.17. The Hall–Kier alpha value is -2.47. The molecule has 1 heterocycles. The third-order valence-corrected chi connectivity index (χ3v) is 2.68. The highest BCUT2D eigenvalue weighted by molar-refractivity contribution is 6.32. The zero-order valence-electron chi connectivity index (χ0n) is 9.51. The molecule has 0 radical (unpaired) electrons. The number of anilines is 2. The molecule has 0 unspecified atom stereocenters. The third kappa shape index (κ3) is 2.69. The minimum Gasteiger partial charge on any atom is -0.478 e. The number of nitrogens with two attached hydrogens (primary N) is 1. The number of nitrogen functional groups attached to an aromatic ring is 1. The monoisotopic (exact) mass is 280 g/mol. The Labute approximate surface area is 112 Å². The fraction of sp³-hybridized carbons (Fsp3) is 0. The number of carboxylic acid groups (broad SMARTS) is 1. The number of carboxylic acids is 1. The van der Waals surface area contributed by atoms with Crippen molar-refractivity contribution in [3.63, 3.8) is 0 Å². The van der Waals surface area contributed by atoms with Crippen molar-refractivity contribution in [1.29, 1.82) is 0 Å². The molecule has 1 aromatic heterocycles. The highest BCUT2D eigenvalue weighted by atomic mass is 35.5. The number of nitrogens with one attached hydrogen (secondary N) is 1. The van der Waals surface area contributed by atoms with Crippen LogP contribution in [0.15, 0.2) is 34.9 Å². The average molecular weight is 281 g/mol. The van der Waals surface area contributed by atoms with Crippen molar-refractivity contribution >= 4 is 34.9 Å². The van der Waals surface area contributed by atoms with E-state index >= 15 is 0 Å². The molecule has 2 rings (SSSR count). The van der Waals surface area contributed by atoms with Crippen LogP contribution in [0.1, 0.15) is 20.7 Å². The van der Waals surface area contributed by atoms with Crippen LogP contribution in [0.3, 0.4) is 0 Å². The first-order valence-electron chi connectivity index (χ1n) is 5.16. The van der Waals surface area contributed by atoms with E-state index in [-0.39, 0.29) is 27.7 Å². The van der Waals surface area contributed by atoms with Gasteiger partial charge in [-0.15, -0.1) is 0 Å². The van der Waals surface area contributed by atoms with E-state index in [1.807, 2.05) is 0 Å². The number of carbonyl (C=O) groups is 2. The summed E-state index contributed by atoms with van der Waals surface area (Å²) in [5.41, 5.74) is 5.94. The number of hydrogen-bond donors (Lipinski definition) is 3. The second kappa shape index (κ2) is 5.03. The molecule has 19 heavy (non-hydrogen) atoms. The maximum atomic E-state index is 11.9. The lowest BCUT2D eigenvalue weighted by atomic mass is 10.1. The fourth-order valence-electron chi connectivity index (χ4n) is 1.49. The summed E-state index contributed by atoms with van der Waals surface area (Å²) in [6.07, 6.45) is 1.26. The van der Waals surface area contributed by atoms with Crippen molar-refractivity contribution in [3.05, 3.63) is 46.9 Å². The number of aromatic carboxylic acids is 1. The normalized spacial score (nSPS) is 10.2. The average Bonchev–Trinajstić information content (AvgIpc) is 2.77. The first-order valence-corrected chi connectivity index (χ1v) is 5.54. The minimum atomic E-state index is -1.19. The van der Waals surface area contributed by atoms with E-state index in [9.17, 15) is 9.59 Å². The predicted octanol–water partition coefficient (Wildman–Crippen LogP) is 2.47. The van der Waals surface area contributed by atoms with Gasteiger partial charge in [-0.25, -0.2) is 4.79 Å². The molecule has 4 N–H and O–H groups in total. The topological polar surface area (TPSA) is 106 Å². The van der Waals surface area contributed by atoms with Gasteiger partial charge in [0.15, 0.2) is 0 Å². The van der Waals surface area contributed by atoms with Crippen molar-refractivity contribution in [2.24, 2.45) is 0 Å². The molecule has 1 aromatic carbocycles. The molecule has 0 aliphatic heterocycles. The van der Waals surface area contributed by atoms with Crippen molar-refractivity contribution in [3.8, 4) is 0 Å². The number of halogens is 1. The molecule has 6 nitrogen and oxygen atoms in total. The summed E-state index contributed by atoms with van der Waals surface area (Å²) in [5, 5.41) is 11.4. The van der Waals surface area contributed by atoms with Gasteiger partial charge in [-0.2, -0.15) is 0 Å². The number of amides is 1. The van der Waals surface area contributed by atoms with Gasteiger partial charge in [0.2, 0.25) is 5.22 Å². The molecule has 7 heteroatoms. The lowest BCUT2D eigenvalue weighted by molar-refractivity contribution is 0.0698. The largest absolute Gasteiger partial charge is 0.478 e. The quantitative estimate of drug-likeness (QED) is 0.749. The van der Waals surface area contributed by atoms with Crippen LogP contribution in [0.4, 0.5) is 11.4 Å². The van der Waals surface area contributed by atoms with Gasteiger partial charge in [-0.1, -0.05) is 0 Å². The van der Waals surface area contributed by atoms with Gasteiger partial charge in [-0.3, -0.25) is 4.79 Å². The summed E-state index contributed by atoms with van der Waals surface area (Å²) in [7, 11) is 0. The summed E-state index contributed by atoms with van der Waals surface area (Å²) in [4.78, 5) is 22.9. The SMILES string of the molecule is Nc1ccc(NC(=O)c2ccoc2Cl)c(C(=O)O)c1. The molecule has 2 aromatic rings. The van der Waals surface area contributed by atoms with Gasteiger partial charge in [0.25, 0.3) is 5.91 Å². The molecule has 0 aliphatic rings. The molecule has 0 spiro atoms. The summed E-state index contributed by atoms with van der Waals surface area (Å²) in [6, 6.07) is 5.54. The molecule has 1 amide bonds. The smallest absolute Gasteiger partial charge is 0.337 e. The van der Waals surface area contributed by atoms with Crippen LogP contribution in [0, 0.1) is 0 Å². The van der Waals surface area contributed by atoms with Gasteiger partial charge in [0, 0.05) is 5.69 Å². The zero-order chi connectivity index (χ0) is 14.0. The maximum absolute atomic E-state index is 11.9. The summed E-state index contributed by atoms with van der Waals surface area (Å²) in [5.74, 6) is -1.76. The van der Waals surface area contributed by atoms with Crippen molar-refractivity contribution in [2.75, 3.05) is 11.1 Å². The molecule has 0 bridgehead atoms. The Morgan fingerprint density at radius 3 is 2.58 bits per heavy atom. The second-order valence-electron chi connectivity index (χ2n) is 3.67. The number of benzene rings is 1. The molecule has 0 aliphatic carbocycles. The zero-order valence-corrected chi connectivity index (χ0v) is 10.3. The van der Waals surface area contributed by atoms with E-state index in [0.717, 1.165) is 0 Å². The summed E-state index contributed by atoms with van der Waals surface area (Å²) in [6.45, 7) is 0. The van der Waals surface area contributed by atoms with E-state index in [0.29, 0.717) is 0 Å². The molecule has 0 atom stereocenters. The first kappa shape index (κ1) is 13.0. The van der Waals surface area contributed by atoms with Crippen molar-refractivity contribution in [2.45, 2.75) is 0 Å². The fourth-order valence-corrected chi connectivity index (χ4v) is 1.69. The van der Waals surface area contributed by atoms with Crippen LogP contribution < -0.4 is 11.1 Å². The minimum absolute atomic E-state index is 0.0650. The van der Waals surface area contributed by atoms with Crippen LogP contribution in [-0.4, -0.2) is 17.0 Å². The lowest BCUT2D eigenvalue weighted by Crippen LogP contribution is -2.14. The molecule has 0 fully saturated rings. The maximum Gasteiger partial charge on any atom is 0.337 e. The number of rotatable bonds is 3. The highest BCUT2D eigenvalue weighted by Crippen LogP contribution is 2.22. The molecule has 0 saturated carbocycles. The van der Waals surface area contributed by atoms with Gasteiger partial charge in [-0.05, 0) is 35.9 Å². The van der Waals surface area contributed by atoms with E-state index in [1.165, 1.54) is 30.5 Å². The Morgan fingerprint density at radius 2 is 2.00 bits per heavy atom. The molecule has 0 saturated heterocycles. The first-order chi connectivity index (χ1) is 8.99. The summed E-state index contributed by atoms with van der Waals surface area (Å²) >= 11 is 5.66. The van der Waals surface area contributed by atoms with E-state index in [4.69, 9.17) is 26.9 Å². The van der Waals surface area contributed by atoms with E-state index in [2.05, 4.69) is 5.32 Å². The van der Waals surface area contributed by atoms with Crippen molar-refractivity contribution in [1.82, 2.24) is 0 Å². The van der Waals surface area contributed by atoms with Gasteiger partial charge < -0.3 is 20.6 Å². The molecular weight excluding hydrogens is 272 g/mol. The molecule has 98 valence electrons. The number of carbonyl (C=O) groups excluding carboxylic acids is 1. The third-order valence-electron chi connectivity index (χ3n) is 2.38. The van der Waals surface area contributed by atoms with E-state index in [1.54, 1.807) is 0 Å². The van der Waals surface area contributed by atoms with Crippen LogP contribution in [-0.2, 0) is 0 Å². The Bertz CT molecular complexity index is 651. The van der Waals surface area contributed by atoms with Gasteiger partial charge in [0.1, 0.15) is 0 Å². The van der Waals surface area contributed by atoms with Gasteiger partial charge in [0.05, 0.1) is 23.1 Å². The van der Waals surface area contributed by atoms with Crippen LogP contribution in [0.25, 0.3) is 0 Å². The Kier molecular flexibility index (Phi) is 3.43. The second-order valence-corrected chi connectivity index (χ2v) is 4.02. The summed E-state index contributed by atoms with van der Waals surface area (Å²) < 4.78 is 4.79. The molecular formula is C12H9ClN2O4. The van der Waals surface area contributed by atoms with Crippen molar-refractivity contribution < 1.29 is 19.1 Å². The van der Waals surface area contributed by atoms with Crippen LogP contribution >= 0.6 is 11.6 Å². The number of hydrogen-bond acceptors (Lipinski definition) is 4. The lowest BCUT2D eigenvalue weighted by Gasteiger charge is -2.08. The predicted molar refractivity (Wildman–Crippen MR) is 69.5 cm³/mol. The standard InChI is InChI=1S/C12H9ClN2O4/c13-10-7(3-4-19-10)11(16)15-9-2-1-6(14)5-8(9)12(17)18/h1-5H,14H2,(H,15,16)(H,17,18).